The van der Waals surface area contributed by atoms with Gasteiger partial charge in [-0.15, -0.1) is 0 Å². The molecule has 0 bridgehead atoms. The third kappa shape index (κ3) is 2.69. The maximum atomic E-state index is 12.0. The number of aromatic nitrogens is 2. The van der Waals surface area contributed by atoms with E-state index in [2.05, 4.69) is 16.0 Å². The fourth-order valence-electron chi connectivity index (χ4n) is 3.97. The van der Waals surface area contributed by atoms with Gasteiger partial charge in [0.15, 0.2) is 0 Å². The van der Waals surface area contributed by atoms with Gasteiger partial charge in [-0.3, -0.25) is 4.98 Å². The average molecular weight is 313 g/mol. The number of fused-ring (bicyclic) bond motifs is 1. The molecule has 122 valence electrons. The van der Waals surface area contributed by atoms with Crippen LogP contribution in [0.1, 0.15) is 51.0 Å². The van der Waals surface area contributed by atoms with E-state index in [1.54, 1.807) is 0 Å². The monoisotopic (exact) mass is 313 g/mol. The molecule has 3 heterocycles. The minimum atomic E-state index is -0.351. The zero-order valence-electron chi connectivity index (χ0n) is 13.7. The number of cyclic esters (lactones) is 1. The van der Waals surface area contributed by atoms with Crippen molar-refractivity contribution in [2.24, 2.45) is 0 Å². The highest BCUT2D eigenvalue weighted by Gasteiger charge is 2.41. The highest BCUT2D eigenvalue weighted by Crippen LogP contribution is 2.37. The largest absolute Gasteiger partial charge is 0.441 e. The lowest BCUT2D eigenvalue weighted by atomic mass is 9.81. The SMILES string of the molecule is CC1(C)CN([C@H]2CC[C@@H](c3cnc4cc[nH]c4c3)CC2)C(=O)O1. The van der Waals surface area contributed by atoms with Crippen molar-refractivity contribution in [3.05, 3.63) is 30.1 Å². The number of ether oxygens (including phenoxy) is 1. The van der Waals surface area contributed by atoms with Crippen LogP contribution in [0.2, 0.25) is 0 Å². The van der Waals surface area contributed by atoms with Crippen LogP contribution in [-0.2, 0) is 4.74 Å². The van der Waals surface area contributed by atoms with Crippen LogP contribution < -0.4 is 0 Å². The van der Waals surface area contributed by atoms with E-state index in [9.17, 15) is 4.79 Å². The second kappa shape index (κ2) is 5.25. The van der Waals surface area contributed by atoms with Gasteiger partial charge in [-0.05, 0) is 63.1 Å². The lowest BCUT2D eigenvalue weighted by Crippen LogP contribution is -2.39. The van der Waals surface area contributed by atoms with Gasteiger partial charge in [0, 0.05) is 18.4 Å². The molecule has 0 atom stereocenters. The van der Waals surface area contributed by atoms with E-state index in [4.69, 9.17) is 4.74 Å². The lowest BCUT2D eigenvalue weighted by Gasteiger charge is -2.33. The van der Waals surface area contributed by atoms with Gasteiger partial charge in [-0.2, -0.15) is 0 Å². The molecule has 1 N–H and O–H groups in total. The molecule has 1 amide bonds. The number of H-pyrrole nitrogens is 1. The van der Waals surface area contributed by atoms with Crippen molar-refractivity contribution in [2.45, 2.75) is 57.1 Å². The average Bonchev–Trinajstić information content (AvgIpc) is 3.10. The number of hydrogen-bond acceptors (Lipinski definition) is 3. The number of carbonyl (C=O) groups excluding carboxylic acids is 1. The number of nitrogens with one attached hydrogen (secondary N) is 1. The van der Waals surface area contributed by atoms with Crippen LogP contribution >= 0.6 is 0 Å². The van der Waals surface area contributed by atoms with E-state index in [-0.39, 0.29) is 11.7 Å². The molecular weight excluding hydrogens is 290 g/mol. The third-order valence-electron chi connectivity index (χ3n) is 5.18. The number of hydrogen-bond donors (Lipinski definition) is 1. The molecule has 1 aliphatic heterocycles. The van der Waals surface area contributed by atoms with Crippen molar-refractivity contribution < 1.29 is 9.53 Å². The molecule has 2 aromatic rings. The minimum absolute atomic E-state index is 0.145. The number of carbonyl (C=O) groups is 1. The Morgan fingerprint density at radius 2 is 2.09 bits per heavy atom. The Bertz CT molecular complexity index is 729. The molecule has 2 fully saturated rings. The van der Waals surface area contributed by atoms with Gasteiger partial charge in [-0.25, -0.2) is 4.79 Å². The molecule has 1 saturated carbocycles. The summed E-state index contributed by atoms with van der Waals surface area (Å²) in [5.41, 5.74) is 3.08. The molecule has 4 rings (SSSR count). The Kier molecular flexibility index (Phi) is 3.32. The smallest absolute Gasteiger partial charge is 0.410 e. The zero-order chi connectivity index (χ0) is 16.0. The fraction of sp³-hybridized carbons (Fsp3) is 0.556. The van der Waals surface area contributed by atoms with Gasteiger partial charge in [-0.1, -0.05) is 0 Å². The normalized spacial score (nSPS) is 27.4. The van der Waals surface area contributed by atoms with Crippen molar-refractivity contribution in [3.63, 3.8) is 0 Å². The Labute approximate surface area is 136 Å². The van der Waals surface area contributed by atoms with E-state index >= 15 is 0 Å². The Hall–Kier alpha value is -2.04. The number of aromatic amines is 1. The zero-order valence-corrected chi connectivity index (χ0v) is 13.7. The second-order valence-electron chi connectivity index (χ2n) is 7.44. The maximum Gasteiger partial charge on any atom is 0.410 e. The van der Waals surface area contributed by atoms with Crippen molar-refractivity contribution in [2.75, 3.05) is 6.54 Å². The number of rotatable bonds is 2. The molecule has 5 nitrogen and oxygen atoms in total. The van der Waals surface area contributed by atoms with Crippen LogP contribution in [0.3, 0.4) is 0 Å². The Morgan fingerprint density at radius 1 is 1.30 bits per heavy atom. The molecule has 1 aliphatic carbocycles. The molecule has 0 aromatic carbocycles. The molecule has 1 saturated heterocycles. The highest BCUT2D eigenvalue weighted by atomic mass is 16.6. The maximum absolute atomic E-state index is 12.0. The lowest BCUT2D eigenvalue weighted by molar-refractivity contribution is 0.0848. The summed E-state index contributed by atoms with van der Waals surface area (Å²) >= 11 is 0. The topological polar surface area (TPSA) is 58.2 Å². The van der Waals surface area contributed by atoms with Gasteiger partial charge in [0.2, 0.25) is 0 Å². The van der Waals surface area contributed by atoms with Crippen molar-refractivity contribution in [1.82, 2.24) is 14.9 Å². The second-order valence-corrected chi connectivity index (χ2v) is 7.44. The van der Waals surface area contributed by atoms with Crippen molar-refractivity contribution >= 4 is 17.1 Å². The first-order valence-electron chi connectivity index (χ1n) is 8.44. The van der Waals surface area contributed by atoms with Crippen LogP contribution in [0.15, 0.2) is 24.5 Å². The van der Waals surface area contributed by atoms with Crippen LogP contribution in [0.5, 0.6) is 0 Å². The van der Waals surface area contributed by atoms with Gasteiger partial charge in [0.25, 0.3) is 0 Å². The quantitative estimate of drug-likeness (QED) is 0.917. The summed E-state index contributed by atoms with van der Waals surface area (Å²) in [6.45, 7) is 4.67. The molecule has 5 heteroatoms. The molecule has 2 aromatic heterocycles. The predicted octanol–water partition coefficient (Wildman–Crippen LogP) is 3.82. The summed E-state index contributed by atoms with van der Waals surface area (Å²) in [4.78, 5) is 21.7. The van der Waals surface area contributed by atoms with Crippen LogP contribution in [0.25, 0.3) is 11.0 Å². The summed E-state index contributed by atoms with van der Waals surface area (Å²) in [5, 5.41) is 0. The Balaban J connectivity index is 1.43. The highest BCUT2D eigenvalue weighted by molar-refractivity contribution is 5.75. The van der Waals surface area contributed by atoms with Gasteiger partial charge in [0.1, 0.15) is 5.60 Å². The van der Waals surface area contributed by atoms with Crippen LogP contribution in [0.4, 0.5) is 4.79 Å². The third-order valence-corrected chi connectivity index (χ3v) is 5.18. The summed E-state index contributed by atoms with van der Waals surface area (Å²) in [6.07, 6.45) is 8.07. The standard InChI is InChI=1S/C18H23N3O2/c1-18(2)11-21(17(22)23-18)14-5-3-12(4-6-14)13-9-16-15(20-10-13)7-8-19-16/h7-10,12,14,19H,3-6,11H2,1-2H3/t12-,14+. The summed E-state index contributed by atoms with van der Waals surface area (Å²) in [6, 6.07) is 4.54. The summed E-state index contributed by atoms with van der Waals surface area (Å²) in [7, 11) is 0. The number of pyridine rings is 1. The minimum Gasteiger partial charge on any atom is -0.441 e. The van der Waals surface area contributed by atoms with E-state index in [0.29, 0.717) is 18.5 Å². The van der Waals surface area contributed by atoms with E-state index in [1.807, 2.05) is 37.2 Å². The first-order valence-corrected chi connectivity index (χ1v) is 8.44. The summed E-state index contributed by atoms with van der Waals surface area (Å²) in [5.74, 6) is 0.540. The molecular formula is C18H23N3O2. The molecule has 0 unspecified atom stereocenters. The van der Waals surface area contributed by atoms with E-state index < -0.39 is 0 Å². The predicted molar refractivity (Wildman–Crippen MR) is 88.4 cm³/mol. The van der Waals surface area contributed by atoms with Gasteiger partial charge < -0.3 is 14.6 Å². The molecule has 2 aliphatic rings. The number of amides is 1. The first-order chi connectivity index (χ1) is 11.0. The molecule has 0 radical (unpaired) electrons. The van der Waals surface area contributed by atoms with E-state index in [1.165, 1.54) is 5.56 Å². The Morgan fingerprint density at radius 3 is 2.78 bits per heavy atom. The molecule has 23 heavy (non-hydrogen) atoms. The fourth-order valence-corrected chi connectivity index (χ4v) is 3.97. The van der Waals surface area contributed by atoms with Crippen molar-refractivity contribution in [3.8, 4) is 0 Å². The van der Waals surface area contributed by atoms with E-state index in [0.717, 1.165) is 36.7 Å². The molecule has 0 spiro atoms. The van der Waals surface area contributed by atoms with Crippen LogP contribution in [-0.4, -0.2) is 39.1 Å². The van der Waals surface area contributed by atoms with Crippen LogP contribution in [0, 0.1) is 0 Å². The van der Waals surface area contributed by atoms with Crippen molar-refractivity contribution in [1.29, 1.82) is 0 Å². The van der Waals surface area contributed by atoms with Gasteiger partial charge in [0.05, 0.1) is 17.6 Å². The summed E-state index contributed by atoms with van der Waals surface area (Å²) < 4.78 is 5.44. The first kappa shape index (κ1) is 14.5. The van der Waals surface area contributed by atoms with Gasteiger partial charge >= 0.3 is 6.09 Å². The number of nitrogens with zero attached hydrogens (tertiary/aromatic N) is 2.